The number of carboxylic acids is 1. The molecule has 0 saturated carbocycles. The van der Waals surface area contributed by atoms with Gasteiger partial charge in [-0.25, -0.2) is 4.99 Å². The molecule has 0 spiro atoms. The maximum absolute atomic E-state index is 11.5. The molecule has 2 aliphatic heterocycles. The fourth-order valence-corrected chi connectivity index (χ4v) is 4.66. The molecule has 3 heterocycles. The molecule has 2 aliphatic rings. The molecule has 2 N–H and O–H groups in total. The smallest absolute Gasteiger partial charge is 0.310 e. The van der Waals surface area contributed by atoms with Crippen LogP contribution >= 0.6 is 11.3 Å². The molecule has 1 aromatic carbocycles. The lowest BCUT2D eigenvalue weighted by atomic mass is 9.93. The zero-order valence-corrected chi connectivity index (χ0v) is 17.8. The zero-order chi connectivity index (χ0) is 20.6. The Hall–Kier alpha value is -2.58. The largest absolute Gasteiger partial charge is 0.495 e. The average Bonchev–Trinajstić information content (AvgIpc) is 3.02. The number of anilines is 2. The van der Waals surface area contributed by atoms with Crippen molar-refractivity contribution in [3.05, 3.63) is 35.2 Å². The van der Waals surface area contributed by atoms with Crippen LogP contribution in [0, 0.1) is 5.41 Å². The molecule has 0 aliphatic carbocycles. The topological polar surface area (TPSA) is 77.4 Å². The molecular formula is C21H26N4O3S. The van der Waals surface area contributed by atoms with Crippen LogP contribution in [-0.4, -0.2) is 66.5 Å². The molecule has 1 saturated heterocycles. The van der Waals surface area contributed by atoms with Gasteiger partial charge in [0.15, 0.2) is 0 Å². The number of carbonyl (C=O) groups is 1. The summed E-state index contributed by atoms with van der Waals surface area (Å²) in [5.41, 5.74) is 2.12. The fourth-order valence-electron chi connectivity index (χ4n) is 3.74. The molecule has 0 bridgehead atoms. The van der Waals surface area contributed by atoms with Gasteiger partial charge in [0.05, 0.1) is 29.5 Å². The van der Waals surface area contributed by atoms with Gasteiger partial charge in [0.2, 0.25) is 0 Å². The predicted molar refractivity (Wildman–Crippen MR) is 116 cm³/mol. The molecule has 1 fully saturated rings. The van der Waals surface area contributed by atoms with Gasteiger partial charge in [0.25, 0.3) is 0 Å². The van der Waals surface area contributed by atoms with Crippen molar-refractivity contribution in [3.8, 4) is 5.75 Å². The summed E-state index contributed by atoms with van der Waals surface area (Å²) in [5.74, 6) is 0.967. The minimum absolute atomic E-state index is 0.542. The number of nitrogens with zero attached hydrogens (tertiary/aromatic N) is 3. The SMILES string of the molecule is COc1csc2c1C(N1CCN(CC(C)(C)C(=O)O)CC1)=Nc1ccccc1N2. The van der Waals surface area contributed by atoms with Gasteiger partial charge in [-0.1, -0.05) is 12.1 Å². The number of aliphatic carboxylic acids is 1. The van der Waals surface area contributed by atoms with Crippen LogP contribution in [0.1, 0.15) is 19.4 Å². The van der Waals surface area contributed by atoms with Gasteiger partial charge in [-0.3, -0.25) is 9.69 Å². The molecule has 29 heavy (non-hydrogen) atoms. The number of benzene rings is 1. The summed E-state index contributed by atoms with van der Waals surface area (Å²) in [6.07, 6.45) is 0. The van der Waals surface area contributed by atoms with E-state index in [1.807, 2.05) is 29.6 Å². The lowest BCUT2D eigenvalue weighted by molar-refractivity contribution is -0.148. The Kier molecular flexibility index (Phi) is 5.23. The average molecular weight is 415 g/mol. The van der Waals surface area contributed by atoms with E-state index in [2.05, 4.69) is 15.1 Å². The Morgan fingerprint density at radius 3 is 2.69 bits per heavy atom. The van der Waals surface area contributed by atoms with Crippen LogP contribution < -0.4 is 10.1 Å². The van der Waals surface area contributed by atoms with Crippen LogP contribution in [0.25, 0.3) is 0 Å². The number of piperazine rings is 1. The van der Waals surface area contributed by atoms with Crippen LogP contribution in [0.5, 0.6) is 5.75 Å². The summed E-state index contributed by atoms with van der Waals surface area (Å²) in [7, 11) is 1.68. The lowest BCUT2D eigenvalue weighted by Gasteiger charge is -2.38. The van der Waals surface area contributed by atoms with Crippen LogP contribution in [0.3, 0.4) is 0 Å². The standard InChI is InChI=1S/C21H26N4O3S/c1-21(2,20(26)27)13-24-8-10-25(11-9-24)18-17-16(28-3)12-29-19(17)23-15-7-5-4-6-14(15)22-18/h4-7,12,23H,8-11,13H2,1-3H3,(H,26,27). The van der Waals surface area contributed by atoms with Gasteiger partial charge in [0, 0.05) is 38.1 Å². The molecule has 4 rings (SSSR count). The predicted octanol–water partition coefficient (Wildman–Crippen LogP) is 3.62. The monoisotopic (exact) mass is 414 g/mol. The highest BCUT2D eigenvalue weighted by atomic mass is 32.1. The number of carboxylic acid groups (broad SMARTS) is 1. The van der Waals surface area contributed by atoms with Gasteiger partial charge in [-0.2, -0.15) is 0 Å². The number of rotatable bonds is 4. The molecule has 2 aromatic rings. The van der Waals surface area contributed by atoms with Crippen molar-refractivity contribution >= 4 is 39.5 Å². The number of aliphatic imine (C=N–C) groups is 1. The highest BCUT2D eigenvalue weighted by Crippen LogP contribution is 2.42. The van der Waals surface area contributed by atoms with Gasteiger partial charge in [0.1, 0.15) is 16.6 Å². The first kappa shape index (κ1) is 19.7. The molecule has 8 heteroatoms. The van der Waals surface area contributed by atoms with Gasteiger partial charge in [-0.05, 0) is 26.0 Å². The van der Waals surface area contributed by atoms with Crippen molar-refractivity contribution in [2.24, 2.45) is 10.4 Å². The molecule has 1 aromatic heterocycles. The minimum atomic E-state index is -0.761. The maximum atomic E-state index is 11.5. The summed E-state index contributed by atoms with van der Waals surface area (Å²) in [6.45, 7) is 7.27. The number of para-hydroxylation sites is 2. The number of thiophene rings is 1. The molecule has 0 unspecified atom stereocenters. The number of nitrogens with one attached hydrogen (secondary N) is 1. The third-order valence-corrected chi connectivity index (χ3v) is 6.32. The van der Waals surface area contributed by atoms with Crippen molar-refractivity contribution < 1.29 is 14.6 Å². The van der Waals surface area contributed by atoms with Gasteiger partial charge >= 0.3 is 5.97 Å². The van der Waals surface area contributed by atoms with E-state index < -0.39 is 11.4 Å². The van der Waals surface area contributed by atoms with E-state index in [1.165, 1.54) is 0 Å². The van der Waals surface area contributed by atoms with Crippen molar-refractivity contribution in [2.75, 3.05) is 45.2 Å². The third kappa shape index (κ3) is 3.82. The van der Waals surface area contributed by atoms with Gasteiger partial charge in [-0.15, -0.1) is 11.3 Å². The van der Waals surface area contributed by atoms with Gasteiger partial charge < -0.3 is 20.1 Å². The highest BCUT2D eigenvalue weighted by molar-refractivity contribution is 7.15. The number of methoxy groups -OCH3 is 1. The third-order valence-electron chi connectivity index (χ3n) is 5.45. The summed E-state index contributed by atoms with van der Waals surface area (Å²) in [6, 6.07) is 8.03. The molecule has 0 amide bonds. The second-order valence-corrected chi connectivity index (χ2v) is 8.92. The summed E-state index contributed by atoms with van der Waals surface area (Å²) in [4.78, 5) is 21.0. The van der Waals surface area contributed by atoms with E-state index in [4.69, 9.17) is 9.73 Å². The number of fused-ring (bicyclic) bond motifs is 2. The van der Waals surface area contributed by atoms with Crippen molar-refractivity contribution in [1.29, 1.82) is 0 Å². The first-order chi connectivity index (χ1) is 13.9. The van der Waals surface area contributed by atoms with Crippen LogP contribution in [-0.2, 0) is 4.79 Å². The Labute approximate surface area is 174 Å². The number of hydrogen-bond acceptors (Lipinski definition) is 7. The normalized spacial score (nSPS) is 16.9. The second kappa shape index (κ2) is 7.68. The summed E-state index contributed by atoms with van der Waals surface area (Å²) >= 11 is 1.61. The van der Waals surface area contributed by atoms with E-state index in [1.54, 1.807) is 32.3 Å². The zero-order valence-electron chi connectivity index (χ0n) is 16.9. The van der Waals surface area contributed by atoms with Crippen molar-refractivity contribution in [2.45, 2.75) is 13.8 Å². The van der Waals surface area contributed by atoms with Crippen LogP contribution in [0.4, 0.5) is 16.4 Å². The second-order valence-electron chi connectivity index (χ2n) is 8.04. The summed E-state index contributed by atoms with van der Waals surface area (Å²) < 4.78 is 5.63. The van der Waals surface area contributed by atoms with E-state index in [9.17, 15) is 9.90 Å². The first-order valence-corrected chi connectivity index (χ1v) is 10.6. The quantitative estimate of drug-likeness (QED) is 0.796. The highest BCUT2D eigenvalue weighted by Gasteiger charge is 2.33. The van der Waals surface area contributed by atoms with Crippen molar-refractivity contribution in [1.82, 2.24) is 9.80 Å². The molecule has 0 radical (unpaired) electrons. The Bertz CT molecular complexity index is 945. The van der Waals surface area contributed by atoms with E-state index >= 15 is 0 Å². The Morgan fingerprint density at radius 1 is 1.28 bits per heavy atom. The summed E-state index contributed by atoms with van der Waals surface area (Å²) in [5, 5.41) is 16.0. The molecule has 154 valence electrons. The van der Waals surface area contributed by atoms with Crippen LogP contribution in [0.15, 0.2) is 34.6 Å². The number of hydrogen-bond donors (Lipinski definition) is 2. The Balaban J connectivity index is 1.60. The van der Waals surface area contributed by atoms with Crippen LogP contribution in [0.2, 0.25) is 0 Å². The molecule has 0 atom stereocenters. The van der Waals surface area contributed by atoms with E-state index in [0.29, 0.717) is 6.54 Å². The number of amidine groups is 1. The van der Waals surface area contributed by atoms with E-state index in [-0.39, 0.29) is 0 Å². The molecular weight excluding hydrogens is 388 g/mol. The maximum Gasteiger partial charge on any atom is 0.310 e. The minimum Gasteiger partial charge on any atom is -0.495 e. The fraction of sp³-hybridized carbons (Fsp3) is 0.429. The lowest BCUT2D eigenvalue weighted by Crippen LogP contribution is -2.52. The molecule has 7 nitrogen and oxygen atoms in total. The van der Waals surface area contributed by atoms with Crippen molar-refractivity contribution in [3.63, 3.8) is 0 Å². The Morgan fingerprint density at radius 2 is 2.00 bits per heavy atom. The number of ether oxygens (including phenoxy) is 1. The van der Waals surface area contributed by atoms with E-state index in [0.717, 1.165) is 59.7 Å². The first-order valence-electron chi connectivity index (χ1n) is 9.70.